The molecule has 5 nitrogen and oxygen atoms in total. The number of ketones is 1. The Morgan fingerprint density at radius 3 is 2.68 bits per heavy atom. The van der Waals surface area contributed by atoms with E-state index in [1.807, 2.05) is 13.8 Å². The molecule has 22 heavy (non-hydrogen) atoms. The number of fused-ring (bicyclic) bond motifs is 3. The molecule has 0 N–H and O–H groups in total. The lowest BCUT2D eigenvalue weighted by molar-refractivity contribution is -0.157. The van der Waals surface area contributed by atoms with Crippen molar-refractivity contribution in [1.82, 2.24) is 0 Å². The highest BCUT2D eigenvalue weighted by Crippen LogP contribution is 2.55. The second-order valence-corrected chi connectivity index (χ2v) is 7.03. The zero-order valence-electron chi connectivity index (χ0n) is 13.5. The van der Waals surface area contributed by atoms with E-state index in [1.165, 1.54) is 6.92 Å². The summed E-state index contributed by atoms with van der Waals surface area (Å²) in [5, 5.41) is 0. The van der Waals surface area contributed by atoms with Gasteiger partial charge < -0.3 is 9.47 Å². The van der Waals surface area contributed by atoms with Crippen LogP contribution in [0.3, 0.4) is 0 Å². The number of esters is 2. The van der Waals surface area contributed by atoms with E-state index in [0.717, 1.165) is 18.4 Å². The van der Waals surface area contributed by atoms with Crippen LogP contribution in [0.1, 0.15) is 47.0 Å². The molecule has 0 spiro atoms. The maximum atomic E-state index is 12.3. The molecule has 5 atom stereocenters. The van der Waals surface area contributed by atoms with E-state index < -0.39 is 11.5 Å². The van der Waals surface area contributed by atoms with Gasteiger partial charge in [0.1, 0.15) is 12.2 Å². The zero-order valence-corrected chi connectivity index (χ0v) is 13.5. The molecule has 1 unspecified atom stereocenters. The van der Waals surface area contributed by atoms with Crippen molar-refractivity contribution in [3.63, 3.8) is 0 Å². The average Bonchev–Trinajstić information content (AvgIpc) is 2.71. The summed E-state index contributed by atoms with van der Waals surface area (Å²) in [5.74, 6) is -0.609. The summed E-state index contributed by atoms with van der Waals surface area (Å²) >= 11 is 0. The first-order valence-corrected chi connectivity index (χ1v) is 7.88. The largest absolute Gasteiger partial charge is 0.461 e. The second kappa shape index (κ2) is 4.93. The van der Waals surface area contributed by atoms with E-state index in [2.05, 4.69) is 0 Å². The van der Waals surface area contributed by atoms with E-state index in [9.17, 15) is 14.4 Å². The number of carbonyl (C=O) groups is 3. The van der Waals surface area contributed by atoms with Gasteiger partial charge in [0.05, 0.1) is 5.92 Å². The summed E-state index contributed by atoms with van der Waals surface area (Å²) in [6.45, 7) is 7.08. The molecule has 0 amide bonds. The Bertz CT molecular complexity index is 590. The molecule has 0 bridgehead atoms. The van der Waals surface area contributed by atoms with Crippen LogP contribution in [0.25, 0.3) is 0 Å². The van der Waals surface area contributed by atoms with Crippen molar-refractivity contribution in [3.8, 4) is 0 Å². The molecule has 1 saturated carbocycles. The van der Waals surface area contributed by atoms with E-state index in [-0.39, 0.29) is 42.1 Å². The van der Waals surface area contributed by atoms with Gasteiger partial charge in [-0.15, -0.1) is 0 Å². The number of hydrogen-bond donors (Lipinski definition) is 0. The maximum absolute atomic E-state index is 12.3. The molecule has 1 saturated heterocycles. The molecule has 2 fully saturated rings. The Kier molecular flexibility index (Phi) is 3.42. The second-order valence-electron chi connectivity index (χ2n) is 7.03. The van der Waals surface area contributed by atoms with Crippen molar-refractivity contribution >= 4 is 17.7 Å². The van der Waals surface area contributed by atoms with Gasteiger partial charge in [-0.25, -0.2) is 0 Å². The highest BCUT2D eigenvalue weighted by atomic mass is 16.6. The zero-order chi connectivity index (χ0) is 16.2. The molecule has 0 aromatic carbocycles. The monoisotopic (exact) mass is 306 g/mol. The Morgan fingerprint density at radius 1 is 1.36 bits per heavy atom. The topological polar surface area (TPSA) is 69.7 Å². The fourth-order valence-electron chi connectivity index (χ4n) is 4.40. The van der Waals surface area contributed by atoms with Crippen molar-refractivity contribution in [2.24, 2.45) is 17.3 Å². The third-order valence-corrected chi connectivity index (χ3v) is 5.75. The van der Waals surface area contributed by atoms with Gasteiger partial charge in [-0.2, -0.15) is 0 Å². The number of Topliss-reactive ketones (excluding diaryl/α,β-unsaturated/α-hetero) is 1. The fourth-order valence-corrected chi connectivity index (χ4v) is 4.40. The van der Waals surface area contributed by atoms with Crippen LogP contribution in [0.2, 0.25) is 0 Å². The lowest BCUT2D eigenvalue weighted by atomic mass is 9.58. The Hall–Kier alpha value is -1.65. The van der Waals surface area contributed by atoms with Crippen molar-refractivity contribution in [3.05, 3.63) is 11.1 Å². The SMILES string of the molecule is CC(=O)O[C@H]1CC(=O)C(C)=C2[C@H]3OC(=O)C(C)[C@@H]3CC[C@]21C. The summed E-state index contributed by atoms with van der Waals surface area (Å²) in [7, 11) is 0. The first-order chi connectivity index (χ1) is 10.3. The van der Waals surface area contributed by atoms with Crippen molar-refractivity contribution in [1.29, 1.82) is 0 Å². The quantitative estimate of drug-likeness (QED) is 0.695. The molecule has 0 radical (unpaired) electrons. The number of hydrogen-bond acceptors (Lipinski definition) is 5. The van der Waals surface area contributed by atoms with Crippen molar-refractivity contribution in [2.75, 3.05) is 0 Å². The van der Waals surface area contributed by atoms with E-state index in [1.54, 1.807) is 6.92 Å². The molecule has 0 aromatic heterocycles. The van der Waals surface area contributed by atoms with Crippen LogP contribution in [0.5, 0.6) is 0 Å². The first kappa shape index (κ1) is 15.3. The van der Waals surface area contributed by atoms with Gasteiger partial charge >= 0.3 is 11.9 Å². The summed E-state index contributed by atoms with van der Waals surface area (Å²) in [4.78, 5) is 35.7. The summed E-state index contributed by atoms with van der Waals surface area (Å²) in [6, 6.07) is 0. The van der Waals surface area contributed by atoms with E-state index >= 15 is 0 Å². The first-order valence-electron chi connectivity index (χ1n) is 7.88. The van der Waals surface area contributed by atoms with Gasteiger partial charge in [0.15, 0.2) is 5.78 Å². The smallest absolute Gasteiger partial charge is 0.309 e. The lowest BCUT2D eigenvalue weighted by Gasteiger charge is -2.49. The predicted molar refractivity (Wildman–Crippen MR) is 77.8 cm³/mol. The molecule has 5 heteroatoms. The molecule has 1 heterocycles. The maximum Gasteiger partial charge on any atom is 0.309 e. The number of rotatable bonds is 1. The average molecular weight is 306 g/mol. The fraction of sp³-hybridized carbons (Fsp3) is 0.706. The summed E-state index contributed by atoms with van der Waals surface area (Å²) in [6.07, 6.45) is 1.05. The highest BCUT2D eigenvalue weighted by molar-refractivity contribution is 5.98. The molecule has 2 aliphatic carbocycles. The molecule has 3 rings (SSSR count). The number of carbonyl (C=O) groups excluding carboxylic acids is 3. The Labute approximate surface area is 130 Å². The molecular weight excluding hydrogens is 284 g/mol. The third-order valence-electron chi connectivity index (χ3n) is 5.75. The highest BCUT2D eigenvalue weighted by Gasteiger charge is 2.57. The molecule has 0 aromatic rings. The van der Waals surface area contributed by atoms with Crippen LogP contribution in [-0.4, -0.2) is 29.9 Å². The minimum atomic E-state index is -0.466. The Morgan fingerprint density at radius 2 is 2.05 bits per heavy atom. The van der Waals surface area contributed by atoms with Gasteiger partial charge in [-0.05, 0) is 30.9 Å². The van der Waals surface area contributed by atoms with E-state index in [0.29, 0.717) is 5.57 Å². The van der Waals surface area contributed by atoms with Gasteiger partial charge in [-0.3, -0.25) is 14.4 Å². The summed E-state index contributed by atoms with van der Waals surface area (Å²) in [5.41, 5.74) is 1.14. The molecule has 1 aliphatic heterocycles. The molecular formula is C17H22O5. The Balaban J connectivity index is 2.06. The minimum absolute atomic E-state index is 0.0185. The van der Waals surface area contributed by atoms with Gasteiger partial charge in [-0.1, -0.05) is 13.8 Å². The number of allylic oxidation sites excluding steroid dienone is 1. The standard InChI is InChI=1S/C17H22O5/c1-8-11-5-6-17(4)13(21-10(3)18)7-12(19)9(2)14(17)15(11)22-16(8)20/h8,11,13,15H,5-7H2,1-4H3/t8?,11-,13-,15-,17-/m0/s1. The van der Waals surface area contributed by atoms with Gasteiger partial charge in [0.2, 0.25) is 0 Å². The van der Waals surface area contributed by atoms with Gasteiger partial charge in [0.25, 0.3) is 0 Å². The van der Waals surface area contributed by atoms with Crippen molar-refractivity contribution < 1.29 is 23.9 Å². The van der Waals surface area contributed by atoms with Crippen molar-refractivity contribution in [2.45, 2.75) is 59.2 Å². The number of ether oxygens (including phenoxy) is 2. The van der Waals surface area contributed by atoms with E-state index in [4.69, 9.17) is 9.47 Å². The van der Waals surface area contributed by atoms with Gasteiger partial charge in [0, 0.05) is 24.7 Å². The third kappa shape index (κ3) is 2.02. The van der Waals surface area contributed by atoms with Crippen LogP contribution in [0.15, 0.2) is 11.1 Å². The van der Waals surface area contributed by atoms with Crippen LogP contribution in [0.4, 0.5) is 0 Å². The predicted octanol–water partition coefficient (Wildman–Crippen LogP) is 2.19. The normalized spacial score (nSPS) is 40.9. The summed E-state index contributed by atoms with van der Waals surface area (Å²) < 4.78 is 11.0. The molecule has 120 valence electrons. The lowest BCUT2D eigenvalue weighted by Crippen LogP contribution is -2.50. The molecule has 3 aliphatic rings. The van der Waals surface area contributed by atoms with Crippen LogP contribution in [0, 0.1) is 17.3 Å². The van der Waals surface area contributed by atoms with Crippen LogP contribution in [-0.2, 0) is 23.9 Å². The minimum Gasteiger partial charge on any atom is -0.461 e. The van der Waals surface area contributed by atoms with Crippen LogP contribution >= 0.6 is 0 Å². The van der Waals surface area contributed by atoms with Crippen LogP contribution < -0.4 is 0 Å².